The fraction of sp³-hybridized carbons (Fsp3) is 0.652. The predicted octanol–water partition coefficient (Wildman–Crippen LogP) is 6.42. The Morgan fingerprint density at radius 3 is 1.13 bits per heavy atom. The molecule has 4 unspecified atom stereocenters. The summed E-state index contributed by atoms with van der Waals surface area (Å²) in [7, 11) is 0. The van der Waals surface area contributed by atoms with E-state index in [1.165, 1.54) is 55.4 Å². The molecule has 0 aliphatic heterocycles. The van der Waals surface area contributed by atoms with Crippen molar-refractivity contribution >= 4 is 0 Å². The van der Waals surface area contributed by atoms with Crippen LogP contribution in [0.25, 0.3) is 0 Å². The molecule has 2 N–H and O–H groups in total. The highest BCUT2D eigenvalue weighted by Gasteiger charge is 2.77. The molecule has 0 spiro atoms. The number of hydrogen-bond acceptors (Lipinski definition) is 2. The molecular formula is C23H30F6O2. The molecule has 0 heterocycles. The standard InChI is InChI=1S/C23H30F6O2/c1-11-9-17(13(3)15(5)19(11,7)30)21(22(24,25)26,23(27,28)29)18-10-12(2)20(8,31)16(6)14(18)4/h9-10,17-18,30-31H,1-8H3. The van der Waals surface area contributed by atoms with Gasteiger partial charge in [-0.25, -0.2) is 0 Å². The molecule has 0 fully saturated rings. The van der Waals surface area contributed by atoms with Gasteiger partial charge in [0.25, 0.3) is 0 Å². The molecule has 0 bridgehead atoms. The van der Waals surface area contributed by atoms with Crippen molar-refractivity contribution in [3.05, 3.63) is 45.6 Å². The Balaban J connectivity index is 3.03. The second-order valence-corrected chi connectivity index (χ2v) is 9.28. The first-order valence-corrected chi connectivity index (χ1v) is 9.98. The average Bonchev–Trinajstić information content (AvgIpc) is 2.59. The molecule has 0 amide bonds. The zero-order valence-electron chi connectivity index (χ0n) is 19.0. The third-order valence-corrected chi connectivity index (χ3v) is 7.86. The zero-order chi connectivity index (χ0) is 24.5. The first-order chi connectivity index (χ1) is 13.7. The van der Waals surface area contributed by atoms with E-state index in [4.69, 9.17) is 0 Å². The van der Waals surface area contributed by atoms with Gasteiger partial charge in [-0.2, -0.15) is 26.3 Å². The third-order valence-electron chi connectivity index (χ3n) is 7.86. The van der Waals surface area contributed by atoms with Crippen LogP contribution < -0.4 is 0 Å². The quantitative estimate of drug-likeness (QED) is 0.375. The molecule has 2 rings (SSSR count). The SMILES string of the molecule is CC1=CC(C(C2C=C(C)C(C)(O)C(C)=C2C)(C(F)(F)F)C(F)(F)F)C(C)=C(C)C1(C)O. The Morgan fingerprint density at radius 1 is 0.645 bits per heavy atom. The molecule has 4 atom stereocenters. The largest absolute Gasteiger partial charge is 0.404 e. The zero-order valence-corrected chi connectivity index (χ0v) is 19.0. The molecule has 8 heteroatoms. The normalized spacial score (nSPS) is 33.5. The first kappa shape index (κ1) is 25.7. The summed E-state index contributed by atoms with van der Waals surface area (Å²) in [5.74, 6) is -4.15. The van der Waals surface area contributed by atoms with E-state index in [0.717, 1.165) is 12.2 Å². The van der Waals surface area contributed by atoms with Crippen LogP contribution in [-0.4, -0.2) is 33.8 Å². The molecule has 31 heavy (non-hydrogen) atoms. The maximum absolute atomic E-state index is 14.7. The first-order valence-electron chi connectivity index (χ1n) is 9.98. The van der Waals surface area contributed by atoms with Crippen LogP contribution in [0.3, 0.4) is 0 Å². The van der Waals surface area contributed by atoms with E-state index in [2.05, 4.69) is 0 Å². The van der Waals surface area contributed by atoms with Gasteiger partial charge in [-0.05, 0) is 77.7 Å². The Kier molecular flexibility index (Phi) is 6.00. The van der Waals surface area contributed by atoms with Crippen molar-refractivity contribution in [3.8, 4) is 0 Å². The summed E-state index contributed by atoms with van der Waals surface area (Å²) in [5.41, 5.74) is -7.58. The average molecular weight is 452 g/mol. The Bertz CT molecular complexity index is 820. The van der Waals surface area contributed by atoms with Crippen LogP contribution in [0.2, 0.25) is 0 Å². The van der Waals surface area contributed by atoms with Crippen molar-refractivity contribution < 1.29 is 36.6 Å². The number of aliphatic hydroxyl groups is 2. The van der Waals surface area contributed by atoms with E-state index >= 15 is 0 Å². The highest BCUT2D eigenvalue weighted by atomic mass is 19.4. The summed E-state index contributed by atoms with van der Waals surface area (Å²) in [4.78, 5) is 0. The second-order valence-electron chi connectivity index (χ2n) is 9.28. The van der Waals surface area contributed by atoms with E-state index in [9.17, 15) is 36.6 Å². The topological polar surface area (TPSA) is 40.5 Å². The van der Waals surface area contributed by atoms with E-state index in [0.29, 0.717) is 0 Å². The summed E-state index contributed by atoms with van der Waals surface area (Å²) in [5, 5.41) is 21.3. The lowest BCUT2D eigenvalue weighted by atomic mass is 9.55. The fourth-order valence-electron chi connectivity index (χ4n) is 4.91. The maximum Gasteiger partial charge on any atom is 0.404 e. The van der Waals surface area contributed by atoms with Crippen molar-refractivity contribution in [2.75, 3.05) is 0 Å². The van der Waals surface area contributed by atoms with Crippen LogP contribution in [0.5, 0.6) is 0 Å². The Hall–Kier alpha value is -1.54. The highest BCUT2D eigenvalue weighted by Crippen LogP contribution is 2.66. The number of halogens is 6. The van der Waals surface area contributed by atoms with Crippen LogP contribution in [-0.2, 0) is 0 Å². The van der Waals surface area contributed by atoms with Gasteiger partial charge in [0.1, 0.15) is 11.2 Å². The lowest BCUT2D eigenvalue weighted by Crippen LogP contribution is -2.61. The lowest BCUT2D eigenvalue weighted by molar-refractivity contribution is -0.361. The van der Waals surface area contributed by atoms with Gasteiger partial charge in [-0.3, -0.25) is 0 Å². The minimum atomic E-state index is -5.68. The van der Waals surface area contributed by atoms with Crippen LogP contribution >= 0.6 is 0 Å². The summed E-state index contributed by atoms with van der Waals surface area (Å²) >= 11 is 0. The maximum atomic E-state index is 14.7. The van der Waals surface area contributed by atoms with Gasteiger partial charge in [-0.15, -0.1) is 0 Å². The summed E-state index contributed by atoms with van der Waals surface area (Å²) < 4.78 is 88.4. The molecule has 0 aromatic rings. The second kappa shape index (κ2) is 7.24. The molecule has 2 nitrogen and oxygen atoms in total. The third kappa shape index (κ3) is 3.41. The van der Waals surface area contributed by atoms with E-state index in [1.807, 2.05) is 0 Å². The summed E-state index contributed by atoms with van der Waals surface area (Å²) in [6, 6.07) is 0. The molecule has 2 aliphatic carbocycles. The van der Waals surface area contributed by atoms with Crippen LogP contribution in [0.4, 0.5) is 26.3 Å². The molecule has 176 valence electrons. The fourth-order valence-corrected chi connectivity index (χ4v) is 4.91. The van der Waals surface area contributed by atoms with Crippen molar-refractivity contribution in [1.29, 1.82) is 0 Å². The van der Waals surface area contributed by atoms with Crippen LogP contribution in [0.1, 0.15) is 55.4 Å². The van der Waals surface area contributed by atoms with Gasteiger partial charge < -0.3 is 10.2 Å². The smallest absolute Gasteiger partial charge is 0.381 e. The van der Waals surface area contributed by atoms with Crippen molar-refractivity contribution in [2.45, 2.75) is 78.9 Å². The molecule has 0 aromatic heterocycles. The van der Waals surface area contributed by atoms with Crippen LogP contribution in [0.15, 0.2) is 45.6 Å². The molecular weight excluding hydrogens is 422 g/mol. The summed E-state index contributed by atoms with van der Waals surface area (Å²) in [6.07, 6.45) is -9.54. The molecule has 0 aromatic carbocycles. The van der Waals surface area contributed by atoms with E-state index in [1.54, 1.807) is 0 Å². The number of hydrogen-bond donors (Lipinski definition) is 2. The van der Waals surface area contributed by atoms with Crippen molar-refractivity contribution in [1.82, 2.24) is 0 Å². The van der Waals surface area contributed by atoms with Gasteiger partial charge >= 0.3 is 12.4 Å². The number of alkyl halides is 6. The summed E-state index contributed by atoms with van der Waals surface area (Å²) in [6.45, 7) is 10.5. The van der Waals surface area contributed by atoms with E-state index < -0.39 is 40.8 Å². The monoisotopic (exact) mass is 452 g/mol. The van der Waals surface area contributed by atoms with Gasteiger partial charge in [0.05, 0.1) is 0 Å². The van der Waals surface area contributed by atoms with Crippen molar-refractivity contribution in [2.24, 2.45) is 17.3 Å². The molecule has 0 saturated carbocycles. The van der Waals surface area contributed by atoms with Gasteiger partial charge in [-0.1, -0.05) is 23.3 Å². The molecule has 0 radical (unpaired) electrons. The predicted molar refractivity (Wildman–Crippen MR) is 107 cm³/mol. The lowest BCUT2D eigenvalue weighted by Gasteiger charge is -2.51. The van der Waals surface area contributed by atoms with Gasteiger partial charge in [0.2, 0.25) is 0 Å². The minimum absolute atomic E-state index is 0.0281. The van der Waals surface area contributed by atoms with Gasteiger partial charge in [0, 0.05) is 11.8 Å². The Morgan fingerprint density at radius 2 is 0.903 bits per heavy atom. The number of allylic oxidation sites excluding steroid dienone is 4. The number of rotatable bonds is 2. The van der Waals surface area contributed by atoms with Gasteiger partial charge in [0.15, 0.2) is 5.41 Å². The van der Waals surface area contributed by atoms with E-state index in [-0.39, 0.29) is 33.4 Å². The highest BCUT2D eigenvalue weighted by molar-refractivity contribution is 5.46. The van der Waals surface area contributed by atoms with Crippen molar-refractivity contribution in [3.63, 3.8) is 0 Å². The van der Waals surface area contributed by atoms with Crippen LogP contribution in [0, 0.1) is 17.3 Å². The minimum Gasteiger partial charge on any atom is -0.381 e. The molecule has 2 aliphatic rings. The Labute approximate surface area is 179 Å². The molecule has 0 saturated heterocycles.